The number of rotatable bonds is 4. The van der Waals surface area contributed by atoms with Gasteiger partial charge in [0.2, 0.25) is 11.8 Å². The SMILES string of the molecule is O=C(Cc1ccc(F)cc1)CN1C(=O)C2CCCC2C1=O. The number of Topliss-reactive ketones (excluding diaryl/α,β-unsaturated/α-hetero) is 1. The van der Waals surface area contributed by atoms with E-state index in [-0.39, 0.29) is 48.2 Å². The van der Waals surface area contributed by atoms with Gasteiger partial charge in [0.25, 0.3) is 0 Å². The van der Waals surface area contributed by atoms with Crippen molar-refractivity contribution in [3.63, 3.8) is 0 Å². The molecule has 2 amide bonds. The molecule has 1 heterocycles. The average Bonchev–Trinajstić information content (AvgIpc) is 3.02. The van der Waals surface area contributed by atoms with Crippen molar-refractivity contribution in [3.8, 4) is 0 Å². The smallest absolute Gasteiger partial charge is 0.233 e. The monoisotopic (exact) mass is 289 g/mol. The Morgan fingerprint density at radius 3 is 2.24 bits per heavy atom. The van der Waals surface area contributed by atoms with E-state index in [0.717, 1.165) is 24.2 Å². The molecular weight excluding hydrogens is 273 g/mol. The summed E-state index contributed by atoms with van der Waals surface area (Å²) >= 11 is 0. The first-order chi connectivity index (χ1) is 10.1. The first kappa shape index (κ1) is 13.9. The lowest BCUT2D eigenvalue weighted by atomic mass is 10.00. The number of hydrogen-bond donors (Lipinski definition) is 0. The highest BCUT2D eigenvalue weighted by atomic mass is 19.1. The van der Waals surface area contributed by atoms with E-state index in [1.165, 1.54) is 24.3 Å². The van der Waals surface area contributed by atoms with E-state index in [9.17, 15) is 18.8 Å². The molecule has 0 spiro atoms. The standard InChI is InChI=1S/C16H16FNO3/c17-11-6-4-10(5-7-11)8-12(19)9-18-15(20)13-2-1-3-14(13)16(18)21/h4-7,13-14H,1-3,8-9H2. The summed E-state index contributed by atoms with van der Waals surface area (Å²) in [5, 5.41) is 0. The quantitative estimate of drug-likeness (QED) is 0.793. The van der Waals surface area contributed by atoms with E-state index in [2.05, 4.69) is 0 Å². The minimum Gasteiger partial charge on any atom is -0.297 e. The molecular formula is C16H16FNO3. The van der Waals surface area contributed by atoms with Gasteiger partial charge in [-0.2, -0.15) is 0 Å². The molecule has 1 saturated carbocycles. The van der Waals surface area contributed by atoms with E-state index < -0.39 is 0 Å². The van der Waals surface area contributed by atoms with Crippen LogP contribution in [0.15, 0.2) is 24.3 Å². The molecule has 3 rings (SSSR count). The Bertz CT molecular complexity index is 574. The Labute approximate surface area is 121 Å². The second-order valence-corrected chi connectivity index (χ2v) is 5.75. The number of likely N-dealkylation sites (tertiary alicyclic amines) is 1. The Balaban J connectivity index is 1.64. The lowest BCUT2D eigenvalue weighted by Crippen LogP contribution is -2.37. The molecule has 2 atom stereocenters. The summed E-state index contributed by atoms with van der Waals surface area (Å²) in [6.07, 6.45) is 2.51. The lowest BCUT2D eigenvalue weighted by Gasteiger charge is -2.14. The molecule has 5 heteroatoms. The molecule has 1 aliphatic carbocycles. The van der Waals surface area contributed by atoms with Gasteiger partial charge in [0.05, 0.1) is 18.4 Å². The number of benzene rings is 1. The molecule has 0 bridgehead atoms. The predicted molar refractivity (Wildman–Crippen MR) is 72.7 cm³/mol. The van der Waals surface area contributed by atoms with Crippen molar-refractivity contribution < 1.29 is 18.8 Å². The molecule has 21 heavy (non-hydrogen) atoms. The fraction of sp³-hybridized carbons (Fsp3) is 0.438. The minimum absolute atomic E-state index is 0.104. The number of imide groups is 1. The lowest BCUT2D eigenvalue weighted by molar-refractivity contribution is -0.143. The maximum atomic E-state index is 12.8. The fourth-order valence-electron chi connectivity index (χ4n) is 3.28. The van der Waals surface area contributed by atoms with Crippen LogP contribution in [0.4, 0.5) is 4.39 Å². The van der Waals surface area contributed by atoms with Crippen LogP contribution in [0.5, 0.6) is 0 Å². The number of nitrogens with zero attached hydrogens (tertiary/aromatic N) is 1. The van der Waals surface area contributed by atoms with Crippen molar-refractivity contribution in [1.82, 2.24) is 4.90 Å². The van der Waals surface area contributed by atoms with Gasteiger partial charge in [0, 0.05) is 6.42 Å². The number of halogens is 1. The van der Waals surface area contributed by atoms with Crippen LogP contribution in [0.25, 0.3) is 0 Å². The van der Waals surface area contributed by atoms with Crippen LogP contribution < -0.4 is 0 Å². The summed E-state index contributed by atoms with van der Waals surface area (Å²) in [6.45, 7) is -0.165. The van der Waals surface area contributed by atoms with Gasteiger partial charge >= 0.3 is 0 Å². The molecule has 2 aliphatic rings. The molecule has 0 radical (unpaired) electrons. The summed E-state index contributed by atoms with van der Waals surface area (Å²) in [5.41, 5.74) is 0.681. The van der Waals surface area contributed by atoms with E-state index >= 15 is 0 Å². The Kier molecular flexibility index (Phi) is 3.57. The van der Waals surface area contributed by atoms with Gasteiger partial charge in [-0.15, -0.1) is 0 Å². The Hall–Kier alpha value is -2.04. The number of hydrogen-bond acceptors (Lipinski definition) is 3. The number of carbonyl (C=O) groups excluding carboxylic acids is 3. The first-order valence-electron chi connectivity index (χ1n) is 7.17. The molecule has 110 valence electrons. The Morgan fingerprint density at radius 2 is 1.67 bits per heavy atom. The van der Waals surface area contributed by atoms with Gasteiger partial charge in [-0.1, -0.05) is 18.6 Å². The number of ketones is 1. The van der Waals surface area contributed by atoms with Crippen LogP contribution >= 0.6 is 0 Å². The maximum absolute atomic E-state index is 12.8. The van der Waals surface area contributed by atoms with Crippen molar-refractivity contribution in [2.75, 3.05) is 6.54 Å². The van der Waals surface area contributed by atoms with E-state index in [0.29, 0.717) is 5.56 Å². The highest BCUT2D eigenvalue weighted by Crippen LogP contribution is 2.39. The normalized spacial score (nSPS) is 24.5. The topological polar surface area (TPSA) is 54.5 Å². The maximum Gasteiger partial charge on any atom is 0.233 e. The van der Waals surface area contributed by atoms with Crippen LogP contribution in [0, 0.1) is 17.7 Å². The van der Waals surface area contributed by atoms with Crippen LogP contribution in [0.1, 0.15) is 24.8 Å². The van der Waals surface area contributed by atoms with Gasteiger partial charge in [-0.05, 0) is 30.5 Å². The third-order valence-electron chi connectivity index (χ3n) is 4.33. The largest absolute Gasteiger partial charge is 0.297 e. The predicted octanol–water partition coefficient (Wildman–Crippen LogP) is 1.72. The van der Waals surface area contributed by atoms with Crippen molar-refractivity contribution in [3.05, 3.63) is 35.6 Å². The third kappa shape index (κ3) is 2.60. The molecule has 2 fully saturated rings. The molecule has 0 aromatic heterocycles. The molecule has 1 aromatic carbocycles. The highest BCUT2D eigenvalue weighted by Gasteiger charge is 2.49. The molecule has 0 N–H and O–H groups in total. The molecule has 1 aliphatic heterocycles. The summed E-state index contributed by atoms with van der Waals surface area (Å²) in [6, 6.07) is 5.66. The summed E-state index contributed by atoms with van der Waals surface area (Å²) in [7, 11) is 0. The van der Waals surface area contributed by atoms with Crippen molar-refractivity contribution >= 4 is 17.6 Å². The van der Waals surface area contributed by atoms with Gasteiger partial charge < -0.3 is 0 Å². The molecule has 2 unspecified atom stereocenters. The van der Waals surface area contributed by atoms with E-state index in [4.69, 9.17) is 0 Å². The number of carbonyl (C=O) groups is 3. The number of fused-ring (bicyclic) bond motifs is 1. The van der Waals surface area contributed by atoms with Gasteiger partial charge in [-0.25, -0.2) is 4.39 Å². The second-order valence-electron chi connectivity index (χ2n) is 5.75. The number of amides is 2. The zero-order valence-corrected chi connectivity index (χ0v) is 11.5. The van der Waals surface area contributed by atoms with E-state index in [1.807, 2.05) is 0 Å². The van der Waals surface area contributed by atoms with Crippen molar-refractivity contribution in [2.45, 2.75) is 25.7 Å². The van der Waals surface area contributed by atoms with Gasteiger partial charge in [0.15, 0.2) is 5.78 Å². The van der Waals surface area contributed by atoms with E-state index in [1.54, 1.807) is 0 Å². The fourth-order valence-corrected chi connectivity index (χ4v) is 3.28. The first-order valence-corrected chi connectivity index (χ1v) is 7.17. The zero-order chi connectivity index (χ0) is 15.0. The summed E-state index contributed by atoms with van der Waals surface area (Å²) in [4.78, 5) is 37.4. The van der Waals surface area contributed by atoms with Crippen LogP contribution in [0.2, 0.25) is 0 Å². The minimum atomic E-state index is -0.357. The van der Waals surface area contributed by atoms with Gasteiger partial charge in [0.1, 0.15) is 5.82 Å². The third-order valence-corrected chi connectivity index (χ3v) is 4.33. The van der Waals surface area contributed by atoms with Crippen LogP contribution in [-0.4, -0.2) is 29.0 Å². The molecule has 1 saturated heterocycles. The summed E-state index contributed by atoms with van der Waals surface area (Å²) < 4.78 is 12.8. The zero-order valence-electron chi connectivity index (χ0n) is 11.5. The van der Waals surface area contributed by atoms with Gasteiger partial charge in [-0.3, -0.25) is 19.3 Å². The molecule has 4 nitrogen and oxygen atoms in total. The van der Waals surface area contributed by atoms with Crippen LogP contribution in [-0.2, 0) is 20.8 Å². The van der Waals surface area contributed by atoms with Crippen LogP contribution in [0.3, 0.4) is 0 Å². The highest BCUT2D eigenvalue weighted by molar-refractivity contribution is 6.07. The summed E-state index contributed by atoms with van der Waals surface area (Å²) in [5.74, 6) is -1.38. The molecule has 1 aromatic rings. The second kappa shape index (κ2) is 5.39. The van der Waals surface area contributed by atoms with Crippen molar-refractivity contribution in [1.29, 1.82) is 0 Å². The van der Waals surface area contributed by atoms with Crippen molar-refractivity contribution in [2.24, 2.45) is 11.8 Å². The Morgan fingerprint density at radius 1 is 1.10 bits per heavy atom. The average molecular weight is 289 g/mol.